The van der Waals surface area contributed by atoms with Crippen LogP contribution in [0.15, 0.2) is 4.99 Å². The first-order chi connectivity index (χ1) is 8.88. The van der Waals surface area contributed by atoms with Crippen LogP contribution in [0.5, 0.6) is 0 Å². The highest BCUT2D eigenvalue weighted by molar-refractivity contribution is 7.99. The molecule has 19 heavy (non-hydrogen) atoms. The van der Waals surface area contributed by atoms with E-state index in [2.05, 4.69) is 4.99 Å². The van der Waals surface area contributed by atoms with Crippen LogP contribution in [0, 0.1) is 11.5 Å². The van der Waals surface area contributed by atoms with Gasteiger partial charge in [-0.1, -0.05) is 0 Å². The van der Waals surface area contributed by atoms with Gasteiger partial charge in [0.15, 0.2) is 18.1 Å². The Kier molecular flexibility index (Phi) is 8.37. The number of carbonyl (C=O) groups excluding carboxylic acids is 2. The number of Topliss-reactive ketones (excluding diaryl/α,β-unsaturated/α-hetero) is 1. The number of nitrogens with two attached hydrogens (primary N) is 1. The molecule has 0 rings (SSSR count). The minimum absolute atomic E-state index is 0.145. The molecule has 0 heterocycles. The second kappa shape index (κ2) is 9.22. The molecule has 0 aromatic heterocycles. The van der Waals surface area contributed by atoms with Crippen molar-refractivity contribution in [3.8, 4) is 6.19 Å². The second-order valence-electron chi connectivity index (χ2n) is 3.68. The van der Waals surface area contributed by atoms with Gasteiger partial charge in [-0.2, -0.15) is 17.0 Å². The number of carbonyl (C=O) groups is 2. The number of nitrogens with zero attached hydrogens (tertiary/aromatic N) is 3. The van der Waals surface area contributed by atoms with Crippen molar-refractivity contribution >= 4 is 29.5 Å². The molecule has 0 saturated carbocycles. The minimum Gasteiger partial charge on any atom is -0.454 e. The van der Waals surface area contributed by atoms with Gasteiger partial charge in [-0.3, -0.25) is 19.5 Å². The molecule has 0 radical (unpaired) electrons. The van der Waals surface area contributed by atoms with Crippen molar-refractivity contribution in [1.29, 1.82) is 5.26 Å². The number of rotatable bonds is 7. The molecule has 0 aliphatic rings. The van der Waals surface area contributed by atoms with Crippen molar-refractivity contribution in [2.75, 3.05) is 25.1 Å². The summed E-state index contributed by atoms with van der Waals surface area (Å²) >= 11 is 1.43. The number of nitriles is 1. The van der Waals surface area contributed by atoms with Crippen molar-refractivity contribution < 1.29 is 14.3 Å². The number of ether oxygens (including phenoxy) is 1. The number of guanidine groups is 1. The van der Waals surface area contributed by atoms with E-state index in [1.54, 1.807) is 0 Å². The number of hydrogen-bond donors (Lipinski definition) is 1. The van der Waals surface area contributed by atoms with E-state index in [0.717, 1.165) is 4.90 Å². The lowest BCUT2D eigenvalue weighted by molar-refractivity contribution is -0.150. The van der Waals surface area contributed by atoms with Gasteiger partial charge >= 0.3 is 5.97 Å². The van der Waals surface area contributed by atoms with Crippen molar-refractivity contribution in [3.05, 3.63) is 0 Å². The Morgan fingerprint density at radius 1 is 1.53 bits per heavy atom. The van der Waals surface area contributed by atoms with Crippen molar-refractivity contribution in [2.45, 2.75) is 20.0 Å². The molecule has 0 aliphatic carbocycles. The summed E-state index contributed by atoms with van der Waals surface area (Å²) in [5.41, 5.74) is 5.50. The molecule has 106 valence electrons. The molecule has 0 saturated heterocycles. The standard InChI is InChI=1S/C11H18N4O3S/c1-8(16)10(18-9(2)17)6-19-5-4-14-11(13)15(3)7-12/h10H,4-6H2,1-3H3,(H2,13,14). The Hall–Kier alpha value is -1.75. The van der Waals surface area contributed by atoms with Gasteiger partial charge in [0.1, 0.15) is 0 Å². The highest BCUT2D eigenvalue weighted by Gasteiger charge is 2.16. The topological polar surface area (TPSA) is 109 Å². The summed E-state index contributed by atoms with van der Waals surface area (Å²) in [6.45, 7) is 3.07. The largest absolute Gasteiger partial charge is 0.454 e. The van der Waals surface area contributed by atoms with Crippen LogP contribution in [0.25, 0.3) is 0 Å². The Bertz CT molecular complexity index is 392. The van der Waals surface area contributed by atoms with Crippen LogP contribution in [0.4, 0.5) is 0 Å². The van der Waals surface area contributed by atoms with E-state index >= 15 is 0 Å². The number of ketones is 1. The van der Waals surface area contributed by atoms with Crippen LogP contribution in [-0.2, 0) is 14.3 Å². The molecule has 0 bridgehead atoms. The van der Waals surface area contributed by atoms with Gasteiger partial charge in [0.05, 0.1) is 6.54 Å². The predicted molar refractivity (Wildman–Crippen MR) is 73.4 cm³/mol. The average Bonchev–Trinajstić information content (AvgIpc) is 2.34. The second-order valence-corrected chi connectivity index (χ2v) is 4.83. The Balaban J connectivity index is 3.99. The molecule has 7 nitrogen and oxygen atoms in total. The summed E-state index contributed by atoms with van der Waals surface area (Å²) in [7, 11) is 1.51. The highest BCUT2D eigenvalue weighted by atomic mass is 32.2. The first-order valence-electron chi connectivity index (χ1n) is 5.57. The van der Waals surface area contributed by atoms with Crippen molar-refractivity contribution in [2.24, 2.45) is 10.7 Å². The van der Waals surface area contributed by atoms with Gasteiger partial charge in [-0.05, 0) is 6.92 Å². The van der Waals surface area contributed by atoms with E-state index in [9.17, 15) is 9.59 Å². The molecule has 8 heteroatoms. The van der Waals surface area contributed by atoms with E-state index < -0.39 is 12.1 Å². The fourth-order valence-corrected chi connectivity index (χ4v) is 1.91. The molecule has 0 aromatic carbocycles. The molecule has 0 amide bonds. The number of esters is 1. The van der Waals surface area contributed by atoms with Crippen LogP contribution >= 0.6 is 11.8 Å². The maximum absolute atomic E-state index is 11.2. The van der Waals surface area contributed by atoms with Gasteiger partial charge in [0, 0.05) is 25.5 Å². The predicted octanol–water partition coefficient (Wildman–Crippen LogP) is -0.0321. The zero-order chi connectivity index (χ0) is 14.8. The quantitative estimate of drug-likeness (QED) is 0.175. The third-order valence-corrected chi connectivity index (χ3v) is 3.04. The first-order valence-corrected chi connectivity index (χ1v) is 6.72. The molecular weight excluding hydrogens is 268 g/mol. The number of hydrogen-bond acceptors (Lipinski definition) is 6. The first kappa shape index (κ1) is 17.2. The normalized spacial score (nSPS) is 12.4. The van der Waals surface area contributed by atoms with Gasteiger partial charge < -0.3 is 10.5 Å². The number of thioether (sulfide) groups is 1. The van der Waals surface area contributed by atoms with Gasteiger partial charge in [0.2, 0.25) is 5.96 Å². The molecular formula is C11H18N4O3S. The lowest BCUT2D eigenvalue weighted by Gasteiger charge is -2.13. The lowest BCUT2D eigenvalue weighted by atomic mass is 10.3. The molecule has 2 N–H and O–H groups in total. The zero-order valence-corrected chi connectivity index (χ0v) is 12.1. The summed E-state index contributed by atoms with van der Waals surface area (Å²) in [4.78, 5) is 27.1. The minimum atomic E-state index is -0.717. The fourth-order valence-electron chi connectivity index (χ4n) is 1.01. The lowest BCUT2D eigenvalue weighted by Crippen LogP contribution is -2.30. The van der Waals surface area contributed by atoms with Crippen LogP contribution in [0.1, 0.15) is 13.8 Å². The van der Waals surface area contributed by atoms with E-state index in [1.807, 2.05) is 6.19 Å². The molecule has 1 unspecified atom stereocenters. The Labute approximate surface area is 116 Å². The summed E-state index contributed by atoms with van der Waals surface area (Å²) in [6, 6.07) is 0. The average molecular weight is 286 g/mol. The van der Waals surface area contributed by atoms with E-state index in [4.69, 9.17) is 15.7 Å². The molecule has 0 fully saturated rings. The monoisotopic (exact) mass is 286 g/mol. The third-order valence-electron chi connectivity index (χ3n) is 2.03. The SMILES string of the molecule is CC(=O)OC(CSCCN=C(N)N(C)C#N)C(C)=O. The highest BCUT2D eigenvalue weighted by Crippen LogP contribution is 2.07. The maximum Gasteiger partial charge on any atom is 0.303 e. The zero-order valence-electron chi connectivity index (χ0n) is 11.3. The molecule has 1 atom stereocenters. The smallest absolute Gasteiger partial charge is 0.303 e. The summed E-state index contributed by atoms with van der Waals surface area (Å²) in [6.07, 6.45) is 1.11. The Morgan fingerprint density at radius 3 is 2.63 bits per heavy atom. The summed E-state index contributed by atoms with van der Waals surface area (Å²) < 4.78 is 4.87. The van der Waals surface area contributed by atoms with Crippen LogP contribution in [0.3, 0.4) is 0 Å². The molecule has 0 aliphatic heterocycles. The number of aliphatic imine (C=N–C) groups is 1. The van der Waals surface area contributed by atoms with Gasteiger partial charge in [-0.15, -0.1) is 0 Å². The van der Waals surface area contributed by atoms with Crippen LogP contribution in [-0.4, -0.2) is 53.8 Å². The molecule has 0 aromatic rings. The van der Waals surface area contributed by atoms with Gasteiger partial charge in [0.25, 0.3) is 0 Å². The van der Waals surface area contributed by atoms with Crippen LogP contribution < -0.4 is 5.73 Å². The van der Waals surface area contributed by atoms with Crippen molar-refractivity contribution in [3.63, 3.8) is 0 Å². The van der Waals surface area contributed by atoms with Crippen molar-refractivity contribution in [1.82, 2.24) is 4.90 Å². The molecule has 0 spiro atoms. The van der Waals surface area contributed by atoms with E-state index in [1.165, 1.54) is 32.7 Å². The Morgan fingerprint density at radius 2 is 2.16 bits per heavy atom. The third kappa shape index (κ3) is 8.05. The van der Waals surface area contributed by atoms with E-state index in [-0.39, 0.29) is 11.7 Å². The maximum atomic E-state index is 11.2. The summed E-state index contributed by atoms with van der Waals surface area (Å²) in [5, 5.41) is 8.55. The van der Waals surface area contributed by atoms with E-state index in [0.29, 0.717) is 18.1 Å². The van der Waals surface area contributed by atoms with Gasteiger partial charge in [-0.25, -0.2) is 0 Å². The van der Waals surface area contributed by atoms with Crippen LogP contribution in [0.2, 0.25) is 0 Å². The summed E-state index contributed by atoms with van der Waals surface area (Å²) in [5.74, 6) is 0.489. The fraction of sp³-hybridized carbons (Fsp3) is 0.636.